The van der Waals surface area contributed by atoms with E-state index in [1.54, 1.807) is 0 Å². The summed E-state index contributed by atoms with van der Waals surface area (Å²) in [5, 5.41) is 5.07. The van der Waals surface area contributed by atoms with Gasteiger partial charge in [-0.05, 0) is 75.0 Å². The molecule has 0 aliphatic rings. The van der Waals surface area contributed by atoms with Crippen LogP contribution in [0.5, 0.6) is 0 Å². The molecule has 0 radical (unpaired) electrons. The number of hydrogen-bond acceptors (Lipinski definition) is 2. The van der Waals surface area contributed by atoms with Crippen LogP contribution in [0.4, 0.5) is 17.1 Å². The molecule has 0 aliphatic heterocycles. The molecule has 2 heteroatoms. The van der Waals surface area contributed by atoms with Gasteiger partial charge >= 0.3 is 0 Å². The fraction of sp³-hybridized carbons (Fsp3) is 0. The van der Waals surface area contributed by atoms with Crippen LogP contribution in [0, 0.1) is 0 Å². The van der Waals surface area contributed by atoms with Gasteiger partial charge in [0.25, 0.3) is 0 Å². The number of anilines is 3. The first-order valence-electron chi connectivity index (χ1n) is 16.4. The largest absolute Gasteiger partial charge is 0.310 e. The fourth-order valence-electron chi connectivity index (χ4n) is 7.03. The van der Waals surface area contributed by atoms with Crippen LogP contribution >= 0.6 is 11.3 Å². The van der Waals surface area contributed by atoms with Crippen molar-refractivity contribution in [1.82, 2.24) is 0 Å². The lowest BCUT2D eigenvalue weighted by molar-refractivity contribution is 1.30. The molecular weight excluding hydrogens is 599 g/mol. The molecule has 8 aromatic carbocycles. The summed E-state index contributed by atoms with van der Waals surface area (Å²) in [7, 11) is 0. The highest BCUT2D eigenvalue weighted by Crippen LogP contribution is 2.46. The predicted octanol–water partition coefficient (Wildman–Crippen LogP) is 13.7. The molecular formula is C46H31NS. The average Bonchev–Trinajstić information content (AvgIpc) is 3.53. The van der Waals surface area contributed by atoms with Crippen molar-refractivity contribution >= 4 is 59.3 Å². The minimum atomic E-state index is 1.13. The highest BCUT2D eigenvalue weighted by Gasteiger charge is 2.21. The van der Waals surface area contributed by atoms with E-state index in [-0.39, 0.29) is 0 Å². The summed E-state index contributed by atoms with van der Waals surface area (Å²) in [6.07, 6.45) is 0. The summed E-state index contributed by atoms with van der Waals surface area (Å²) in [5.41, 5.74) is 10.7. The van der Waals surface area contributed by atoms with Crippen LogP contribution in [0.15, 0.2) is 188 Å². The van der Waals surface area contributed by atoms with Gasteiger partial charge in [0.15, 0.2) is 0 Å². The predicted molar refractivity (Wildman–Crippen MR) is 208 cm³/mol. The van der Waals surface area contributed by atoms with Crippen LogP contribution in [0.1, 0.15) is 0 Å². The molecule has 0 unspecified atom stereocenters. The number of thiophene rings is 1. The van der Waals surface area contributed by atoms with Gasteiger partial charge < -0.3 is 4.90 Å². The number of nitrogens with zero attached hydrogens (tertiary/aromatic N) is 1. The molecule has 9 rings (SSSR count). The number of benzene rings is 8. The molecule has 226 valence electrons. The van der Waals surface area contributed by atoms with Gasteiger partial charge in [-0.1, -0.05) is 152 Å². The van der Waals surface area contributed by atoms with E-state index in [4.69, 9.17) is 0 Å². The van der Waals surface area contributed by atoms with Crippen LogP contribution in [-0.2, 0) is 0 Å². The van der Waals surface area contributed by atoms with E-state index >= 15 is 0 Å². The first-order valence-corrected chi connectivity index (χ1v) is 17.2. The SMILES string of the molecule is c1ccc(-c2ccccc2-c2ccccc2-c2ccccc2N(c2ccc3ccccc3c2)c2ccc3c(c2)sc2ccccc23)cc1. The molecule has 0 saturated heterocycles. The second-order valence-electron chi connectivity index (χ2n) is 12.1. The van der Waals surface area contributed by atoms with Gasteiger partial charge in [-0.2, -0.15) is 0 Å². The van der Waals surface area contributed by atoms with Crippen molar-refractivity contribution in [3.8, 4) is 33.4 Å². The number of rotatable bonds is 6. The molecule has 9 aromatic rings. The van der Waals surface area contributed by atoms with Gasteiger partial charge in [0.2, 0.25) is 0 Å². The van der Waals surface area contributed by atoms with Crippen molar-refractivity contribution in [2.24, 2.45) is 0 Å². The Bertz CT molecular complexity index is 2580. The van der Waals surface area contributed by atoms with E-state index < -0.39 is 0 Å². The summed E-state index contributed by atoms with van der Waals surface area (Å²) >= 11 is 1.86. The fourth-order valence-corrected chi connectivity index (χ4v) is 8.17. The smallest absolute Gasteiger partial charge is 0.0540 e. The van der Waals surface area contributed by atoms with E-state index in [1.165, 1.54) is 64.3 Å². The first kappa shape index (κ1) is 28.3. The number of hydrogen-bond donors (Lipinski definition) is 0. The minimum Gasteiger partial charge on any atom is -0.310 e. The average molecular weight is 630 g/mol. The van der Waals surface area contributed by atoms with Crippen molar-refractivity contribution in [3.05, 3.63) is 188 Å². The minimum absolute atomic E-state index is 1.13. The highest BCUT2D eigenvalue weighted by atomic mass is 32.1. The van der Waals surface area contributed by atoms with E-state index in [1.807, 2.05) is 11.3 Å². The standard InChI is InChI=1S/C46H31NS/c1-2-15-33(16-3-1)37-18-6-7-19-38(37)39-20-8-9-21-40(39)41-22-10-12-24-44(41)47(35-27-26-32-14-4-5-17-34(32)30-35)36-28-29-43-42-23-11-13-25-45(42)48-46(43)31-36/h1-31H. The van der Waals surface area contributed by atoms with Crippen LogP contribution < -0.4 is 4.90 Å². The third-order valence-corrected chi connectivity index (χ3v) is 10.4. The van der Waals surface area contributed by atoms with E-state index in [2.05, 4.69) is 193 Å². The Hall–Kier alpha value is -5.96. The molecule has 48 heavy (non-hydrogen) atoms. The van der Waals surface area contributed by atoms with Gasteiger partial charge in [0.1, 0.15) is 0 Å². The van der Waals surface area contributed by atoms with Crippen molar-refractivity contribution in [3.63, 3.8) is 0 Å². The van der Waals surface area contributed by atoms with E-state index in [0.29, 0.717) is 0 Å². The molecule has 0 fully saturated rings. The zero-order valence-corrected chi connectivity index (χ0v) is 27.1. The third-order valence-electron chi connectivity index (χ3n) is 9.28. The maximum atomic E-state index is 2.44. The van der Waals surface area contributed by atoms with Crippen molar-refractivity contribution in [2.45, 2.75) is 0 Å². The summed E-state index contributed by atoms with van der Waals surface area (Å²) in [4.78, 5) is 2.44. The van der Waals surface area contributed by atoms with E-state index in [9.17, 15) is 0 Å². The molecule has 0 spiro atoms. The van der Waals surface area contributed by atoms with Gasteiger partial charge in [-0.3, -0.25) is 0 Å². The quantitative estimate of drug-likeness (QED) is 0.177. The van der Waals surface area contributed by atoms with E-state index in [0.717, 1.165) is 17.1 Å². The molecule has 0 N–H and O–H groups in total. The maximum Gasteiger partial charge on any atom is 0.0540 e. The second-order valence-corrected chi connectivity index (χ2v) is 13.2. The summed E-state index contributed by atoms with van der Waals surface area (Å²) in [6, 6.07) is 68.2. The Labute approximate surface area is 284 Å². The van der Waals surface area contributed by atoms with Gasteiger partial charge in [0.05, 0.1) is 5.69 Å². The molecule has 1 nitrogen and oxygen atoms in total. The zero-order valence-electron chi connectivity index (χ0n) is 26.3. The Kier molecular flexibility index (Phi) is 7.07. The number of fused-ring (bicyclic) bond motifs is 4. The van der Waals surface area contributed by atoms with Crippen LogP contribution in [0.2, 0.25) is 0 Å². The Balaban J connectivity index is 1.27. The van der Waals surface area contributed by atoms with Crippen molar-refractivity contribution in [2.75, 3.05) is 4.90 Å². The second kappa shape index (κ2) is 12.0. The summed E-state index contributed by atoms with van der Waals surface area (Å²) in [6.45, 7) is 0. The first-order chi connectivity index (χ1) is 23.8. The lowest BCUT2D eigenvalue weighted by Gasteiger charge is -2.29. The molecule has 0 aliphatic carbocycles. The van der Waals surface area contributed by atoms with Gasteiger partial charge in [0, 0.05) is 37.1 Å². The van der Waals surface area contributed by atoms with Crippen LogP contribution in [0.25, 0.3) is 64.3 Å². The lowest BCUT2D eigenvalue weighted by atomic mass is 9.88. The molecule has 0 atom stereocenters. The third kappa shape index (κ3) is 4.95. The maximum absolute atomic E-state index is 2.44. The summed E-state index contributed by atoms with van der Waals surface area (Å²) in [5.74, 6) is 0. The molecule has 1 aromatic heterocycles. The zero-order chi connectivity index (χ0) is 31.9. The van der Waals surface area contributed by atoms with Gasteiger partial charge in [-0.15, -0.1) is 11.3 Å². The van der Waals surface area contributed by atoms with Crippen molar-refractivity contribution in [1.29, 1.82) is 0 Å². The van der Waals surface area contributed by atoms with Crippen LogP contribution in [0.3, 0.4) is 0 Å². The molecule has 1 heterocycles. The topological polar surface area (TPSA) is 3.24 Å². The monoisotopic (exact) mass is 629 g/mol. The lowest BCUT2D eigenvalue weighted by Crippen LogP contribution is -2.11. The highest BCUT2D eigenvalue weighted by molar-refractivity contribution is 7.25. The Morgan fingerprint density at radius 2 is 0.875 bits per heavy atom. The Morgan fingerprint density at radius 1 is 0.333 bits per heavy atom. The molecule has 0 saturated carbocycles. The Morgan fingerprint density at radius 3 is 1.69 bits per heavy atom. The molecule has 0 bridgehead atoms. The van der Waals surface area contributed by atoms with Gasteiger partial charge in [-0.25, -0.2) is 0 Å². The van der Waals surface area contributed by atoms with Crippen LogP contribution in [-0.4, -0.2) is 0 Å². The number of para-hydroxylation sites is 1. The summed E-state index contributed by atoms with van der Waals surface area (Å²) < 4.78 is 2.60. The van der Waals surface area contributed by atoms with Crippen molar-refractivity contribution < 1.29 is 0 Å². The molecule has 0 amide bonds. The normalized spacial score (nSPS) is 11.3.